The molecule has 0 fully saturated rings. The molecule has 8 nitrogen and oxygen atoms in total. The van der Waals surface area contributed by atoms with Crippen LogP contribution >= 0.6 is 11.5 Å². The first-order valence-corrected chi connectivity index (χ1v) is 10.6. The van der Waals surface area contributed by atoms with Gasteiger partial charge >= 0.3 is 0 Å². The largest absolute Gasteiger partial charge is 0.368 e. The van der Waals surface area contributed by atoms with E-state index >= 15 is 0 Å². The Morgan fingerprint density at radius 1 is 1.36 bits per heavy atom. The van der Waals surface area contributed by atoms with Crippen molar-refractivity contribution in [2.45, 2.75) is 58.5 Å². The molecule has 4 N–H and O–H groups in total. The Balaban J connectivity index is 2.21. The molecule has 0 aliphatic carbocycles. The molecule has 28 heavy (non-hydrogen) atoms. The number of nitrogens with two attached hydrogens (primary N) is 1. The van der Waals surface area contributed by atoms with Crippen LogP contribution in [0.25, 0.3) is 11.0 Å². The highest BCUT2D eigenvalue weighted by molar-refractivity contribution is 7.04. The minimum absolute atomic E-state index is 0.0329. The molecule has 0 bridgehead atoms. The standard InChI is InChI=1S/C19H33N7OS/c1-7-8-9-19(4,11-21-17(27)15(12(2)3)26(5)6)24-16-14-13(10-28-25-14)22-18(20)23-16/h10,12,15H,7-9,11H2,1-6H3,(H,21,27)(H3,20,22,23,24)/t15-,19?/m0/s1. The Morgan fingerprint density at radius 2 is 2.07 bits per heavy atom. The number of carbonyl (C=O) groups is 1. The summed E-state index contributed by atoms with van der Waals surface area (Å²) in [6.07, 6.45) is 2.98. The van der Waals surface area contributed by atoms with Crippen LogP contribution in [0, 0.1) is 5.92 Å². The number of nitrogens with one attached hydrogen (secondary N) is 2. The van der Waals surface area contributed by atoms with E-state index in [1.165, 1.54) is 11.5 Å². The molecular weight excluding hydrogens is 374 g/mol. The fraction of sp³-hybridized carbons (Fsp3) is 0.684. The van der Waals surface area contributed by atoms with Gasteiger partial charge in [0.1, 0.15) is 11.0 Å². The first kappa shape index (κ1) is 22.3. The lowest BCUT2D eigenvalue weighted by molar-refractivity contribution is -0.127. The zero-order valence-corrected chi connectivity index (χ0v) is 18.6. The van der Waals surface area contributed by atoms with E-state index in [1.807, 2.05) is 24.4 Å². The van der Waals surface area contributed by atoms with Gasteiger partial charge in [-0.05, 0) is 44.9 Å². The molecular formula is C19H33N7OS. The highest BCUT2D eigenvalue weighted by atomic mass is 32.1. The van der Waals surface area contributed by atoms with Crippen molar-refractivity contribution in [1.82, 2.24) is 24.6 Å². The Labute approximate surface area is 171 Å². The molecule has 9 heteroatoms. The van der Waals surface area contributed by atoms with Crippen LogP contribution < -0.4 is 16.4 Å². The van der Waals surface area contributed by atoms with Crippen molar-refractivity contribution in [3.8, 4) is 0 Å². The van der Waals surface area contributed by atoms with E-state index in [4.69, 9.17) is 5.73 Å². The summed E-state index contributed by atoms with van der Waals surface area (Å²) in [6, 6.07) is -0.171. The minimum Gasteiger partial charge on any atom is -0.368 e. The molecule has 0 spiro atoms. The maximum atomic E-state index is 12.8. The van der Waals surface area contributed by atoms with Gasteiger partial charge < -0.3 is 16.4 Å². The van der Waals surface area contributed by atoms with E-state index in [-0.39, 0.29) is 29.4 Å². The topological polar surface area (TPSA) is 109 Å². The molecule has 2 atom stereocenters. The van der Waals surface area contributed by atoms with Crippen LogP contribution in [0.5, 0.6) is 0 Å². The van der Waals surface area contributed by atoms with E-state index in [1.54, 1.807) is 0 Å². The smallest absolute Gasteiger partial charge is 0.237 e. The van der Waals surface area contributed by atoms with Crippen LogP contribution in [0.3, 0.4) is 0 Å². The molecule has 0 aromatic carbocycles. The van der Waals surface area contributed by atoms with Gasteiger partial charge in [-0.2, -0.15) is 9.36 Å². The second-order valence-corrected chi connectivity index (χ2v) is 8.77. The first-order valence-electron chi connectivity index (χ1n) is 9.76. The summed E-state index contributed by atoms with van der Waals surface area (Å²) in [7, 11) is 3.86. The molecule has 2 aromatic rings. The van der Waals surface area contributed by atoms with Gasteiger partial charge in [-0.15, -0.1) is 0 Å². The van der Waals surface area contributed by atoms with Crippen LogP contribution in [0.2, 0.25) is 0 Å². The van der Waals surface area contributed by atoms with E-state index in [0.29, 0.717) is 17.9 Å². The third-order valence-corrected chi connectivity index (χ3v) is 5.46. The fourth-order valence-electron chi connectivity index (χ4n) is 3.45. The van der Waals surface area contributed by atoms with Gasteiger partial charge in [0.25, 0.3) is 0 Å². The van der Waals surface area contributed by atoms with Crippen LogP contribution in [0.4, 0.5) is 11.8 Å². The number of hydrogen-bond donors (Lipinski definition) is 3. The highest BCUT2D eigenvalue weighted by Gasteiger charge is 2.30. The lowest BCUT2D eigenvalue weighted by Crippen LogP contribution is -2.52. The Morgan fingerprint density at radius 3 is 2.68 bits per heavy atom. The second kappa shape index (κ2) is 9.47. The average Bonchev–Trinajstić information content (AvgIpc) is 3.06. The van der Waals surface area contributed by atoms with E-state index in [2.05, 4.69) is 52.7 Å². The van der Waals surface area contributed by atoms with E-state index < -0.39 is 0 Å². The number of likely N-dealkylation sites (N-methyl/N-ethyl adjacent to an activating group) is 1. The van der Waals surface area contributed by atoms with Crippen LogP contribution in [-0.2, 0) is 4.79 Å². The van der Waals surface area contributed by atoms with Crippen molar-refractivity contribution in [3.05, 3.63) is 5.38 Å². The number of nitrogen functional groups attached to an aromatic ring is 1. The molecule has 2 rings (SSSR count). The number of rotatable bonds is 10. The normalized spacial score (nSPS) is 15.0. The Hall–Kier alpha value is -2.00. The number of hydrogen-bond acceptors (Lipinski definition) is 8. The third-order valence-electron chi connectivity index (χ3n) is 4.85. The maximum absolute atomic E-state index is 12.8. The summed E-state index contributed by atoms with van der Waals surface area (Å²) in [4.78, 5) is 23.3. The first-order chi connectivity index (χ1) is 13.2. The summed E-state index contributed by atoms with van der Waals surface area (Å²) in [5.74, 6) is 1.08. The molecule has 2 aromatic heterocycles. The zero-order valence-electron chi connectivity index (χ0n) is 17.7. The van der Waals surface area contributed by atoms with E-state index in [0.717, 1.165) is 24.8 Å². The average molecular weight is 408 g/mol. The molecule has 0 aliphatic heterocycles. The molecule has 0 aliphatic rings. The number of fused-ring (bicyclic) bond motifs is 1. The number of nitrogens with zero attached hydrogens (tertiary/aromatic N) is 4. The highest BCUT2D eigenvalue weighted by Crippen LogP contribution is 2.26. The maximum Gasteiger partial charge on any atom is 0.237 e. The van der Waals surface area contributed by atoms with Gasteiger partial charge in [-0.25, -0.2) is 4.98 Å². The van der Waals surface area contributed by atoms with Crippen molar-refractivity contribution < 1.29 is 4.79 Å². The molecule has 1 unspecified atom stereocenters. The lowest BCUT2D eigenvalue weighted by Gasteiger charge is -2.34. The zero-order chi connectivity index (χ0) is 20.9. The number of anilines is 2. The van der Waals surface area contributed by atoms with E-state index in [9.17, 15) is 4.79 Å². The van der Waals surface area contributed by atoms with Crippen molar-refractivity contribution in [3.63, 3.8) is 0 Å². The Bertz CT molecular complexity index is 784. The molecule has 1 amide bonds. The number of amides is 1. The van der Waals surface area contributed by atoms with Crippen LogP contribution in [-0.4, -0.2) is 57.4 Å². The second-order valence-electron chi connectivity index (χ2n) is 8.14. The minimum atomic E-state index is -0.378. The molecule has 156 valence electrons. The van der Waals surface area contributed by atoms with Gasteiger partial charge in [-0.1, -0.05) is 33.6 Å². The summed E-state index contributed by atoms with van der Waals surface area (Å²) >= 11 is 1.32. The van der Waals surface area contributed by atoms with Gasteiger partial charge in [0, 0.05) is 11.9 Å². The SMILES string of the molecule is CCCCC(C)(CNC(=O)[C@H](C(C)C)N(C)C)Nc1nc(N)nc2csnc12. The predicted molar refractivity (Wildman–Crippen MR) is 116 cm³/mol. The third kappa shape index (κ3) is 5.51. The van der Waals surface area contributed by atoms with Crippen molar-refractivity contribution in [1.29, 1.82) is 0 Å². The summed E-state index contributed by atoms with van der Waals surface area (Å²) in [6.45, 7) is 8.85. The molecule has 2 heterocycles. The predicted octanol–water partition coefficient (Wildman–Crippen LogP) is 2.73. The summed E-state index contributed by atoms with van der Waals surface area (Å²) in [5, 5.41) is 8.49. The van der Waals surface area contributed by atoms with Gasteiger partial charge in [0.15, 0.2) is 5.82 Å². The number of carbonyl (C=O) groups excluding carboxylic acids is 1. The van der Waals surface area contributed by atoms with Gasteiger partial charge in [0.2, 0.25) is 11.9 Å². The number of aromatic nitrogens is 3. The van der Waals surface area contributed by atoms with Gasteiger partial charge in [-0.3, -0.25) is 9.69 Å². The van der Waals surface area contributed by atoms with Crippen molar-refractivity contribution in [2.24, 2.45) is 5.92 Å². The van der Waals surface area contributed by atoms with Crippen LogP contribution in [0.15, 0.2) is 5.38 Å². The fourth-order valence-corrected chi connectivity index (χ4v) is 4.05. The monoisotopic (exact) mass is 407 g/mol. The van der Waals surface area contributed by atoms with Crippen molar-refractivity contribution >= 4 is 40.2 Å². The number of unbranched alkanes of at least 4 members (excludes halogenated alkanes) is 1. The van der Waals surface area contributed by atoms with Gasteiger partial charge in [0.05, 0.1) is 11.6 Å². The molecule has 0 saturated heterocycles. The Kier molecular flexibility index (Phi) is 7.54. The van der Waals surface area contributed by atoms with Crippen LogP contribution in [0.1, 0.15) is 47.0 Å². The summed E-state index contributed by atoms with van der Waals surface area (Å²) in [5.41, 5.74) is 6.93. The van der Waals surface area contributed by atoms with Crippen molar-refractivity contribution in [2.75, 3.05) is 31.7 Å². The molecule has 0 radical (unpaired) electrons. The quantitative estimate of drug-likeness (QED) is 0.555. The summed E-state index contributed by atoms with van der Waals surface area (Å²) < 4.78 is 4.40. The molecule has 0 saturated carbocycles. The lowest BCUT2D eigenvalue weighted by atomic mass is 9.94.